The molecule has 20 heavy (non-hydrogen) atoms. The second-order valence-corrected chi connectivity index (χ2v) is 6.25. The number of fused-ring (bicyclic) bond motifs is 1. The predicted octanol–water partition coefficient (Wildman–Crippen LogP) is 2.94. The molecule has 0 aromatic carbocycles. The molecule has 1 saturated carbocycles. The lowest BCUT2D eigenvalue weighted by Crippen LogP contribution is -2.33. The summed E-state index contributed by atoms with van der Waals surface area (Å²) in [5.74, 6) is 1.15. The van der Waals surface area contributed by atoms with Crippen molar-refractivity contribution in [2.75, 3.05) is 13.1 Å². The third-order valence-electron chi connectivity index (χ3n) is 4.90. The SMILES string of the molecule is O=C(CCC1CCCCC1)N1CCc2nc[nH]c2CC1.[HH]. The fourth-order valence-electron chi connectivity index (χ4n) is 3.59. The average Bonchev–Trinajstić information content (AvgIpc) is 2.84. The molecular formula is C16H27N3O. The molecule has 1 amide bonds. The smallest absolute Gasteiger partial charge is 0.222 e. The molecule has 0 bridgehead atoms. The van der Waals surface area contributed by atoms with Crippen molar-refractivity contribution in [3.63, 3.8) is 0 Å². The van der Waals surface area contributed by atoms with Gasteiger partial charge in [-0.1, -0.05) is 32.1 Å². The van der Waals surface area contributed by atoms with Crippen LogP contribution in [0.15, 0.2) is 6.33 Å². The standard InChI is InChI=1S/C16H25N3O.H2/c20-16(7-6-13-4-2-1-3-5-13)19-10-8-14-15(9-11-19)18-12-17-14;/h12-13H,1-11H2,(H,17,18);1H. The molecule has 1 N–H and O–H groups in total. The maximum absolute atomic E-state index is 12.4. The van der Waals surface area contributed by atoms with Gasteiger partial charge in [0.2, 0.25) is 5.91 Å². The Balaban J connectivity index is 0.00000161. The minimum absolute atomic E-state index is 0. The summed E-state index contributed by atoms with van der Waals surface area (Å²) in [4.78, 5) is 21.9. The maximum Gasteiger partial charge on any atom is 0.222 e. The Morgan fingerprint density at radius 2 is 2.10 bits per heavy atom. The number of amides is 1. The number of imidazole rings is 1. The van der Waals surface area contributed by atoms with E-state index < -0.39 is 0 Å². The van der Waals surface area contributed by atoms with Crippen LogP contribution in [-0.4, -0.2) is 33.9 Å². The number of carbonyl (C=O) groups is 1. The van der Waals surface area contributed by atoms with Crippen molar-refractivity contribution in [3.05, 3.63) is 17.7 Å². The summed E-state index contributed by atoms with van der Waals surface area (Å²) < 4.78 is 0. The fourth-order valence-corrected chi connectivity index (χ4v) is 3.59. The molecule has 4 heteroatoms. The Morgan fingerprint density at radius 3 is 2.95 bits per heavy atom. The second kappa shape index (κ2) is 6.42. The Bertz CT molecular complexity index is 432. The van der Waals surface area contributed by atoms with E-state index in [1.807, 2.05) is 4.90 Å². The van der Waals surface area contributed by atoms with Crippen LogP contribution in [0.25, 0.3) is 0 Å². The van der Waals surface area contributed by atoms with Crippen molar-refractivity contribution >= 4 is 5.91 Å². The topological polar surface area (TPSA) is 49.0 Å². The van der Waals surface area contributed by atoms with Gasteiger partial charge in [0.1, 0.15) is 0 Å². The van der Waals surface area contributed by atoms with Crippen LogP contribution in [0.3, 0.4) is 0 Å². The summed E-state index contributed by atoms with van der Waals surface area (Å²) in [5.41, 5.74) is 2.36. The highest BCUT2D eigenvalue weighted by molar-refractivity contribution is 5.76. The van der Waals surface area contributed by atoms with Crippen LogP contribution in [0.4, 0.5) is 0 Å². The second-order valence-electron chi connectivity index (χ2n) is 6.25. The summed E-state index contributed by atoms with van der Waals surface area (Å²) in [6.45, 7) is 1.68. The molecule has 4 nitrogen and oxygen atoms in total. The van der Waals surface area contributed by atoms with Crippen LogP contribution >= 0.6 is 0 Å². The number of hydrogen-bond acceptors (Lipinski definition) is 2. The van der Waals surface area contributed by atoms with E-state index >= 15 is 0 Å². The Morgan fingerprint density at radius 1 is 1.30 bits per heavy atom. The molecule has 0 radical (unpaired) electrons. The summed E-state index contributed by atoms with van der Waals surface area (Å²) in [5, 5.41) is 0. The minimum Gasteiger partial charge on any atom is -0.348 e. The molecule has 1 aliphatic carbocycles. The van der Waals surface area contributed by atoms with Gasteiger partial charge in [-0.2, -0.15) is 0 Å². The third-order valence-corrected chi connectivity index (χ3v) is 4.90. The first-order valence-corrected chi connectivity index (χ1v) is 8.12. The van der Waals surface area contributed by atoms with E-state index in [0.717, 1.165) is 50.4 Å². The largest absolute Gasteiger partial charge is 0.348 e. The lowest BCUT2D eigenvalue weighted by Gasteiger charge is -2.24. The number of carbonyl (C=O) groups excluding carboxylic acids is 1. The number of H-pyrrole nitrogens is 1. The molecule has 112 valence electrons. The molecule has 0 unspecified atom stereocenters. The van der Waals surface area contributed by atoms with Crippen LogP contribution in [0.1, 0.15) is 57.8 Å². The summed E-state index contributed by atoms with van der Waals surface area (Å²) in [7, 11) is 0. The van der Waals surface area contributed by atoms with Crippen LogP contribution < -0.4 is 0 Å². The van der Waals surface area contributed by atoms with Crippen LogP contribution in [0.2, 0.25) is 0 Å². The quantitative estimate of drug-likeness (QED) is 0.923. The predicted molar refractivity (Wildman–Crippen MR) is 80.5 cm³/mol. The van der Waals surface area contributed by atoms with Gasteiger partial charge in [0.15, 0.2) is 0 Å². The van der Waals surface area contributed by atoms with Crippen molar-refractivity contribution < 1.29 is 6.22 Å². The molecule has 1 aliphatic heterocycles. The average molecular weight is 277 g/mol. The first-order chi connectivity index (χ1) is 9.83. The van der Waals surface area contributed by atoms with Crippen molar-refractivity contribution in [2.24, 2.45) is 5.92 Å². The van der Waals surface area contributed by atoms with Gasteiger partial charge in [0, 0.05) is 39.5 Å². The van der Waals surface area contributed by atoms with Gasteiger partial charge in [0.05, 0.1) is 12.0 Å². The number of aromatic nitrogens is 2. The lowest BCUT2D eigenvalue weighted by atomic mass is 9.86. The molecule has 1 aromatic heterocycles. The third kappa shape index (κ3) is 3.22. The van der Waals surface area contributed by atoms with Crippen LogP contribution in [0, 0.1) is 5.92 Å². The summed E-state index contributed by atoms with van der Waals surface area (Å²) in [6, 6.07) is 0. The fraction of sp³-hybridized carbons (Fsp3) is 0.750. The van der Waals surface area contributed by atoms with Gasteiger partial charge < -0.3 is 9.88 Å². The maximum atomic E-state index is 12.4. The number of aromatic amines is 1. The zero-order valence-corrected chi connectivity index (χ0v) is 12.2. The van der Waals surface area contributed by atoms with Crippen LogP contribution in [-0.2, 0) is 17.6 Å². The van der Waals surface area contributed by atoms with Gasteiger partial charge in [0.25, 0.3) is 0 Å². The monoisotopic (exact) mass is 277 g/mol. The van der Waals surface area contributed by atoms with Crippen molar-refractivity contribution in [1.29, 1.82) is 0 Å². The number of hydrogen-bond donors (Lipinski definition) is 1. The molecule has 1 fully saturated rings. The van der Waals surface area contributed by atoms with E-state index in [9.17, 15) is 4.79 Å². The van der Waals surface area contributed by atoms with Gasteiger partial charge in [-0.05, 0) is 12.3 Å². The van der Waals surface area contributed by atoms with Crippen molar-refractivity contribution in [2.45, 2.75) is 57.8 Å². The molecule has 2 heterocycles. The highest BCUT2D eigenvalue weighted by Gasteiger charge is 2.21. The van der Waals surface area contributed by atoms with E-state index in [4.69, 9.17) is 0 Å². The Hall–Kier alpha value is -1.32. The van der Waals surface area contributed by atoms with E-state index in [0.29, 0.717) is 5.91 Å². The van der Waals surface area contributed by atoms with Gasteiger partial charge in [-0.3, -0.25) is 4.79 Å². The molecular weight excluding hydrogens is 250 g/mol. The van der Waals surface area contributed by atoms with Gasteiger partial charge >= 0.3 is 0 Å². The van der Waals surface area contributed by atoms with E-state index in [-0.39, 0.29) is 1.43 Å². The zero-order valence-electron chi connectivity index (χ0n) is 12.2. The van der Waals surface area contributed by atoms with Crippen molar-refractivity contribution in [3.8, 4) is 0 Å². The number of rotatable bonds is 3. The molecule has 2 aliphatic rings. The molecule has 0 atom stereocenters. The van der Waals surface area contributed by atoms with Gasteiger partial charge in [-0.15, -0.1) is 0 Å². The summed E-state index contributed by atoms with van der Waals surface area (Å²) >= 11 is 0. The van der Waals surface area contributed by atoms with Gasteiger partial charge in [-0.25, -0.2) is 4.98 Å². The summed E-state index contributed by atoms with van der Waals surface area (Å²) in [6.07, 6.45) is 12.2. The normalized spacial score (nSPS) is 20.5. The zero-order chi connectivity index (χ0) is 13.8. The van der Waals surface area contributed by atoms with E-state index in [1.165, 1.54) is 37.8 Å². The molecule has 0 spiro atoms. The lowest BCUT2D eigenvalue weighted by molar-refractivity contribution is -0.131. The number of nitrogens with one attached hydrogen (secondary N) is 1. The molecule has 3 rings (SSSR count). The Labute approximate surface area is 122 Å². The Kier molecular flexibility index (Phi) is 4.38. The van der Waals surface area contributed by atoms with E-state index in [2.05, 4.69) is 9.97 Å². The number of nitrogens with zero attached hydrogens (tertiary/aromatic N) is 2. The van der Waals surface area contributed by atoms with Crippen LogP contribution in [0.5, 0.6) is 0 Å². The van der Waals surface area contributed by atoms with E-state index in [1.54, 1.807) is 6.33 Å². The first kappa shape index (κ1) is 13.7. The highest BCUT2D eigenvalue weighted by atomic mass is 16.2. The first-order valence-electron chi connectivity index (χ1n) is 8.12. The molecule has 1 aromatic rings. The van der Waals surface area contributed by atoms with Crippen molar-refractivity contribution in [1.82, 2.24) is 14.9 Å². The molecule has 0 saturated heterocycles. The minimum atomic E-state index is 0. The highest BCUT2D eigenvalue weighted by Crippen LogP contribution is 2.27.